The Hall–Kier alpha value is -1.24. The summed E-state index contributed by atoms with van der Waals surface area (Å²) in [7, 11) is 1.96. The van der Waals surface area contributed by atoms with Gasteiger partial charge >= 0.3 is 0 Å². The Kier molecular flexibility index (Phi) is 3.63. The van der Waals surface area contributed by atoms with E-state index in [1.54, 1.807) is 6.07 Å². The van der Waals surface area contributed by atoms with Crippen molar-refractivity contribution in [2.75, 3.05) is 38.3 Å². The van der Waals surface area contributed by atoms with Gasteiger partial charge in [0, 0.05) is 13.6 Å². The minimum Gasteiger partial charge on any atom is -0.376 e. The molecule has 0 aliphatic carbocycles. The third-order valence-corrected chi connectivity index (χ3v) is 4.16. The van der Waals surface area contributed by atoms with Gasteiger partial charge in [0.05, 0.1) is 36.1 Å². The van der Waals surface area contributed by atoms with E-state index in [1.165, 1.54) is 23.5 Å². The first kappa shape index (κ1) is 12.8. The molecule has 1 unspecified atom stereocenters. The van der Waals surface area contributed by atoms with Crippen molar-refractivity contribution in [1.29, 1.82) is 0 Å². The second kappa shape index (κ2) is 5.40. The maximum absolute atomic E-state index is 13.1. The molecule has 0 amide bonds. The Balaban J connectivity index is 1.75. The first-order valence-electron chi connectivity index (χ1n) is 6.19. The number of ether oxygens (including phenoxy) is 2. The summed E-state index contributed by atoms with van der Waals surface area (Å²) in [6.07, 6.45) is 0.0718. The molecule has 1 saturated heterocycles. The summed E-state index contributed by atoms with van der Waals surface area (Å²) >= 11 is 1.49. The molecule has 1 atom stereocenters. The quantitative estimate of drug-likeness (QED) is 0.865. The molecule has 0 spiro atoms. The highest BCUT2D eigenvalue weighted by Crippen LogP contribution is 2.28. The molecule has 1 aromatic heterocycles. The lowest BCUT2D eigenvalue weighted by Gasteiger charge is -2.27. The van der Waals surface area contributed by atoms with Crippen molar-refractivity contribution in [3.05, 3.63) is 24.0 Å². The number of hydrogen-bond donors (Lipinski definition) is 0. The van der Waals surface area contributed by atoms with Crippen LogP contribution < -0.4 is 4.90 Å². The molecule has 1 aliphatic rings. The number of halogens is 1. The third-order valence-electron chi connectivity index (χ3n) is 3.03. The maximum Gasteiger partial charge on any atom is 0.186 e. The van der Waals surface area contributed by atoms with Crippen molar-refractivity contribution in [1.82, 2.24) is 4.98 Å². The number of rotatable bonds is 3. The molecular weight excluding hydrogens is 267 g/mol. The molecule has 2 aromatic rings. The van der Waals surface area contributed by atoms with Crippen molar-refractivity contribution in [2.45, 2.75) is 6.10 Å². The maximum atomic E-state index is 13.1. The predicted octanol–water partition coefficient (Wildman–Crippen LogP) is 2.29. The largest absolute Gasteiger partial charge is 0.376 e. The topological polar surface area (TPSA) is 34.6 Å². The molecule has 3 rings (SSSR count). The van der Waals surface area contributed by atoms with Gasteiger partial charge in [-0.3, -0.25) is 0 Å². The second-order valence-corrected chi connectivity index (χ2v) is 5.57. The number of anilines is 1. The molecule has 1 aliphatic heterocycles. The molecule has 4 nitrogen and oxygen atoms in total. The zero-order valence-corrected chi connectivity index (χ0v) is 11.5. The van der Waals surface area contributed by atoms with Crippen LogP contribution in [0.4, 0.5) is 9.52 Å². The number of benzene rings is 1. The van der Waals surface area contributed by atoms with Crippen LogP contribution in [0.2, 0.25) is 0 Å². The standard InChI is InChI=1S/C13H15FN2O2S/c1-16(7-10-8-17-4-5-18-10)13-15-11-3-2-9(14)6-12(11)19-13/h2-3,6,10H,4-5,7-8H2,1H3. The Labute approximate surface area is 114 Å². The zero-order valence-electron chi connectivity index (χ0n) is 10.6. The Bertz CT molecular complexity index is 569. The number of likely N-dealkylation sites (N-methyl/N-ethyl adjacent to an activating group) is 1. The second-order valence-electron chi connectivity index (χ2n) is 4.56. The van der Waals surface area contributed by atoms with E-state index in [1.807, 2.05) is 11.9 Å². The number of hydrogen-bond acceptors (Lipinski definition) is 5. The van der Waals surface area contributed by atoms with Crippen molar-refractivity contribution in [3.63, 3.8) is 0 Å². The van der Waals surface area contributed by atoms with Crippen LogP contribution in [0.3, 0.4) is 0 Å². The summed E-state index contributed by atoms with van der Waals surface area (Å²) in [6.45, 7) is 2.65. The van der Waals surface area contributed by atoms with Gasteiger partial charge in [-0.15, -0.1) is 0 Å². The van der Waals surface area contributed by atoms with Gasteiger partial charge < -0.3 is 14.4 Å². The van der Waals surface area contributed by atoms with E-state index in [0.29, 0.717) is 19.8 Å². The highest BCUT2D eigenvalue weighted by molar-refractivity contribution is 7.22. The first-order chi connectivity index (χ1) is 9.22. The van der Waals surface area contributed by atoms with Gasteiger partial charge in [0.15, 0.2) is 5.13 Å². The Morgan fingerprint density at radius 2 is 2.37 bits per heavy atom. The summed E-state index contributed by atoms with van der Waals surface area (Å²) in [5.41, 5.74) is 0.828. The normalized spacial score (nSPS) is 19.8. The number of thiazole rings is 1. The van der Waals surface area contributed by atoms with Gasteiger partial charge in [0.2, 0.25) is 0 Å². The SMILES string of the molecule is CN(CC1COCCO1)c1nc2ccc(F)cc2s1. The summed E-state index contributed by atoms with van der Waals surface area (Å²) in [6, 6.07) is 4.66. The van der Waals surface area contributed by atoms with E-state index in [0.717, 1.165) is 21.9 Å². The predicted molar refractivity (Wildman–Crippen MR) is 73.4 cm³/mol. The monoisotopic (exact) mass is 282 g/mol. The number of nitrogens with zero attached hydrogens (tertiary/aromatic N) is 2. The zero-order chi connectivity index (χ0) is 13.2. The van der Waals surface area contributed by atoms with Gasteiger partial charge in [-0.2, -0.15) is 0 Å². The van der Waals surface area contributed by atoms with Crippen LogP contribution in [0.5, 0.6) is 0 Å². The fraction of sp³-hybridized carbons (Fsp3) is 0.462. The molecule has 6 heteroatoms. The van der Waals surface area contributed by atoms with Gasteiger partial charge in [0.1, 0.15) is 5.82 Å². The molecule has 2 heterocycles. The van der Waals surface area contributed by atoms with Gasteiger partial charge in [-0.25, -0.2) is 9.37 Å². The summed E-state index contributed by atoms with van der Waals surface area (Å²) in [4.78, 5) is 6.53. The highest BCUT2D eigenvalue weighted by Gasteiger charge is 2.18. The smallest absolute Gasteiger partial charge is 0.186 e. The molecule has 19 heavy (non-hydrogen) atoms. The lowest BCUT2D eigenvalue weighted by molar-refractivity contribution is -0.0837. The van der Waals surface area contributed by atoms with E-state index >= 15 is 0 Å². The van der Waals surface area contributed by atoms with Gasteiger partial charge in [-0.05, 0) is 18.2 Å². The first-order valence-corrected chi connectivity index (χ1v) is 7.00. The summed E-state index contributed by atoms with van der Waals surface area (Å²) in [5, 5.41) is 0.870. The van der Waals surface area contributed by atoms with Crippen LogP contribution >= 0.6 is 11.3 Å². The number of fused-ring (bicyclic) bond motifs is 1. The van der Waals surface area contributed by atoms with Crippen molar-refractivity contribution in [3.8, 4) is 0 Å². The van der Waals surface area contributed by atoms with Crippen molar-refractivity contribution in [2.24, 2.45) is 0 Å². The summed E-state index contributed by atoms with van der Waals surface area (Å²) < 4.78 is 25.0. The van der Waals surface area contributed by atoms with Gasteiger partial charge in [-0.1, -0.05) is 11.3 Å². The molecule has 0 radical (unpaired) electrons. The molecule has 102 valence electrons. The van der Waals surface area contributed by atoms with Crippen LogP contribution in [0.15, 0.2) is 18.2 Å². The van der Waals surface area contributed by atoms with Crippen LogP contribution in [0.25, 0.3) is 10.2 Å². The fourth-order valence-electron chi connectivity index (χ4n) is 2.08. The molecule has 1 aromatic carbocycles. The van der Waals surface area contributed by atoms with Crippen LogP contribution in [0.1, 0.15) is 0 Å². The van der Waals surface area contributed by atoms with E-state index in [-0.39, 0.29) is 11.9 Å². The molecule has 1 fully saturated rings. The summed E-state index contributed by atoms with van der Waals surface area (Å²) in [5.74, 6) is -0.227. The van der Waals surface area contributed by atoms with Crippen LogP contribution in [-0.4, -0.2) is 44.5 Å². The van der Waals surface area contributed by atoms with E-state index in [9.17, 15) is 4.39 Å². The molecule has 0 N–H and O–H groups in total. The van der Waals surface area contributed by atoms with E-state index in [2.05, 4.69) is 4.98 Å². The average molecular weight is 282 g/mol. The van der Waals surface area contributed by atoms with Crippen LogP contribution in [-0.2, 0) is 9.47 Å². The van der Waals surface area contributed by atoms with Crippen LogP contribution in [0, 0.1) is 5.82 Å². The van der Waals surface area contributed by atoms with E-state index < -0.39 is 0 Å². The fourth-order valence-corrected chi connectivity index (χ4v) is 3.04. The highest BCUT2D eigenvalue weighted by atomic mass is 32.1. The molecule has 0 saturated carbocycles. The minimum atomic E-state index is -0.227. The lowest BCUT2D eigenvalue weighted by Crippen LogP contribution is -2.38. The lowest BCUT2D eigenvalue weighted by atomic mass is 10.3. The Morgan fingerprint density at radius 3 is 3.16 bits per heavy atom. The number of aromatic nitrogens is 1. The average Bonchev–Trinajstić information content (AvgIpc) is 2.83. The van der Waals surface area contributed by atoms with Gasteiger partial charge in [0.25, 0.3) is 0 Å². The van der Waals surface area contributed by atoms with Crippen molar-refractivity contribution < 1.29 is 13.9 Å². The molecule has 0 bridgehead atoms. The molecular formula is C13H15FN2O2S. The van der Waals surface area contributed by atoms with Crippen molar-refractivity contribution >= 4 is 26.7 Å². The minimum absolute atomic E-state index is 0.0718. The Morgan fingerprint density at radius 1 is 1.47 bits per heavy atom. The third kappa shape index (κ3) is 2.86. The van der Waals surface area contributed by atoms with E-state index in [4.69, 9.17) is 9.47 Å².